The van der Waals surface area contributed by atoms with Gasteiger partial charge in [0.1, 0.15) is 17.6 Å². The van der Waals surface area contributed by atoms with Crippen LogP contribution in [0.15, 0.2) is 0 Å². The predicted octanol–water partition coefficient (Wildman–Crippen LogP) is 0.418. The first kappa shape index (κ1) is 34.9. The van der Waals surface area contributed by atoms with Crippen LogP contribution in [0.3, 0.4) is 0 Å². The maximum absolute atomic E-state index is 12.9. The summed E-state index contributed by atoms with van der Waals surface area (Å²) in [6.45, 7) is 11.3. The minimum atomic E-state index is -4.61. The van der Waals surface area contributed by atoms with E-state index in [4.69, 9.17) is 4.74 Å². The fourth-order valence-electron chi connectivity index (χ4n) is 3.13. The lowest BCUT2D eigenvalue weighted by Crippen LogP contribution is -2.54. The van der Waals surface area contributed by atoms with Crippen molar-refractivity contribution in [2.75, 3.05) is 39.0 Å². The molecule has 0 aromatic rings. The number of amides is 3. The van der Waals surface area contributed by atoms with Crippen molar-refractivity contribution in [3.05, 3.63) is 0 Å². The van der Waals surface area contributed by atoms with Crippen LogP contribution in [0.25, 0.3) is 0 Å². The van der Waals surface area contributed by atoms with Crippen LogP contribution in [0.2, 0.25) is 0 Å². The van der Waals surface area contributed by atoms with Gasteiger partial charge < -0.3 is 26.0 Å². The fourth-order valence-corrected chi connectivity index (χ4v) is 3.78. The van der Waals surface area contributed by atoms with Gasteiger partial charge in [-0.1, -0.05) is 27.7 Å². The van der Waals surface area contributed by atoms with Crippen molar-refractivity contribution in [3.8, 4) is 0 Å². The highest BCUT2D eigenvalue weighted by Crippen LogP contribution is 2.24. The molecule has 0 spiro atoms. The molecule has 1 unspecified atom stereocenters. The Bertz CT molecular complexity index is 872. The first-order chi connectivity index (χ1) is 16.9. The summed E-state index contributed by atoms with van der Waals surface area (Å²) in [5.74, 6) is -3.13. The highest BCUT2D eigenvalue weighted by Gasteiger charge is 2.34. The first-order valence-corrected chi connectivity index (χ1v) is 14.1. The minimum absolute atomic E-state index is 0.0588. The summed E-state index contributed by atoms with van der Waals surface area (Å²) >= 11 is 0. The molecule has 0 aromatic carbocycles. The Morgan fingerprint density at radius 3 is 2.11 bits per heavy atom. The summed E-state index contributed by atoms with van der Waals surface area (Å²) in [7, 11) is -2.79. The number of ketones is 1. The van der Waals surface area contributed by atoms with E-state index in [0.29, 0.717) is 6.54 Å². The quantitative estimate of drug-likeness (QED) is 0.112. The van der Waals surface area contributed by atoms with Crippen LogP contribution in [-0.2, 0) is 34.0 Å². The van der Waals surface area contributed by atoms with Crippen LogP contribution in [0.4, 0.5) is 0 Å². The number of ether oxygens (including phenoxy) is 1. The maximum atomic E-state index is 12.9. The molecule has 0 fully saturated rings. The Kier molecular flexibility index (Phi) is 15.1. The number of carbonyl (C=O) groups is 4. The number of Topliss-reactive ketones (excluding diaryl/α,β-unsaturated/α-hetero) is 1. The molecule has 0 saturated heterocycles. The van der Waals surface area contributed by atoms with Crippen molar-refractivity contribution in [1.29, 1.82) is 0 Å². The molecule has 1 atom stereocenters. The number of hydrogen-bond donors (Lipinski definition) is 5. The second-order valence-electron chi connectivity index (χ2n) is 10.7. The smallest absolute Gasteiger partial charge is 0.267 e. The third-order valence-corrected chi connectivity index (χ3v) is 6.43. The molecular formula is C24H46N4O8S. The van der Waals surface area contributed by atoms with Crippen LogP contribution < -0.4 is 21.3 Å². The van der Waals surface area contributed by atoms with E-state index >= 15 is 0 Å². The largest absolute Gasteiger partial charge is 0.375 e. The Morgan fingerprint density at radius 2 is 1.57 bits per heavy atom. The van der Waals surface area contributed by atoms with Gasteiger partial charge in [0.05, 0.1) is 12.1 Å². The number of rotatable bonds is 19. The average Bonchev–Trinajstić information content (AvgIpc) is 2.75. The Morgan fingerprint density at radius 1 is 0.973 bits per heavy atom. The van der Waals surface area contributed by atoms with E-state index in [2.05, 4.69) is 21.3 Å². The molecule has 12 nitrogen and oxygen atoms in total. The van der Waals surface area contributed by atoms with Gasteiger partial charge in [-0.2, -0.15) is 8.42 Å². The zero-order valence-electron chi connectivity index (χ0n) is 23.2. The second kappa shape index (κ2) is 16.0. The lowest BCUT2D eigenvalue weighted by molar-refractivity contribution is -0.136. The summed E-state index contributed by atoms with van der Waals surface area (Å²) < 4.78 is 38.0. The van der Waals surface area contributed by atoms with Gasteiger partial charge >= 0.3 is 0 Å². The third-order valence-electron chi connectivity index (χ3n) is 5.68. The molecule has 0 rings (SSSR count). The Hall–Kier alpha value is -2.09. The maximum Gasteiger partial charge on any atom is 0.267 e. The van der Waals surface area contributed by atoms with Crippen LogP contribution in [0, 0.1) is 11.3 Å². The van der Waals surface area contributed by atoms with E-state index in [-0.39, 0.29) is 31.1 Å². The van der Waals surface area contributed by atoms with E-state index in [1.165, 1.54) is 0 Å². The molecule has 0 bridgehead atoms. The minimum Gasteiger partial charge on any atom is -0.375 e. The van der Waals surface area contributed by atoms with Gasteiger partial charge in [0.25, 0.3) is 10.1 Å². The van der Waals surface area contributed by atoms with Gasteiger partial charge in [-0.15, -0.1) is 0 Å². The Balaban J connectivity index is 4.97. The number of hydrogen-bond acceptors (Lipinski definition) is 8. The zero-order chi connectivity index (χ0) is 28.9. The number of unbranched alkanes of at least 4 members (excludes halogenated alkanes) is 1. The number of carbonyl (C=O) groups excluding carboxylic acids is 4. The lowest BCUT2D eigenvalue weighted by Gasteiger charge is -2.30. The van der Waals surface area contributed by atoms with Gasteiger partial charge in [0.15, 0.2) is 0 Å². The molecule has 0 aliphatic heterocycles. The van der Waals surface area contributed by atoms with E-state index in [1.54, 1.807) is 27.7 Å². The van der Waals surface area contributed by atoms with E-state index < -0.39 is 57.2 Å². The third kappa shape index (κ3) is 16.4. The molecule has 216 valence electrons. The van der Waals surface area contributed by atoms with Crippen LogP contribution in [0.5, 0.6) is 0 Å². The van der Waals surface area contributed by atoms with Gasteiger partial charge in [-0.05, 0) is 46.7 Å². The van der Waals surface area contributed by atoms with E-state index in [0.717, 1.165) is 19.4 Å². The molecular weight excluding hydrogens is 504 g/mol. The standard InChI is InChI=1S/C24H46N4O8S/c1-17(2)19(29)14-24(5,6)36-13-10-23(3,4)22(32)28-18(16-37(33,34)35)21(31)27-15-20(30)26-12-9-8-11-25-7/h17-18,25H,8-16H2,1-7H3,(H,26,30)(H,27,31)(H,28,32)(H,33,34,35). The molecule has 37 heavy (non-hydrogen) atoms. The molecule has 0 saturated carbocycles. The zero-order valence-corrected chi connectivity index (χ0v) is 24.0. The molecule has 0 aliphatic carbocycles. The van der Waals surface area contributed by atoms with Crippen molar-refractivity contribution in [2.24, 2.45) is 11.3 Å². The van der Waals surface area contributed by atoms with Crippen molar-refractivity contribution < 1.29 is 36.9 Å². The molecule has 0 aliphatic rings. The van der Waals surface area contributed by atoms with Gasteiger partial charge in [-0.3, -0.25) is 23.7 Å². The molecule has 5 N–H and O–H groups in total. The van der Waals surface area contributed by atoms with Gasteiger partial charge in [0.2, 0.25) is 17.7 Å². The average molecular weight is 551 g/mol. The SMILES string of the molecule is CNCCCCNC(=O)CNC(=O)C(CS(=O)(=O)O)NC(=O)C(C)(C)CCOC(C)(C)CC(=O)C(C)C. The first-order valence-electron chi connectivity index (χ1n) is 12.5. The molecule has 13 heteroatoms. The topological polar surface area (TPSA) is 180 Å². The van der Waals surface area contributed by atoms with E-state index in [1.807, 2.05) is 20.9 Å². The molecule has 0 heterocycles. The van der Waals surface area contributed by atoms with Gasteiger partial charge in [-0.25, -0.2) is 0 Å². The normalized spacial score (nSPS) is 13.2. The van der Waals surface area contributed by atoms with Gasteiger partial charge in [0, 0.05) is 30.9 Å². The Labute approximate surface area is 221 Å². The van der Waals surface area contributed by atoms with Crippen molar-refractivity contribution in [2.45, 2.75) is 78.9 Å². The van der Waals surface area contributed by atoms with E-state index in [9.17, 15) is 32.1 Å². The van der Waals surface area contributed by atoms with Crippen LogP contribution in [-0.4, -0.2) is 87.2 Å². The lowest BCUT2D eigenvalue weighted by atomic mass is 9.88. The fraction of sp³-hybridized carbons (Fsp3) is 0.833. The second-order valence-corrected chi connectivity index (χ2v) is 12.2. The summed E-state index contributed by atoms with van der Waals surface area (Å²) in [5, 5.41) is 10.3. The summed E-state index contributed by atoms with van der Waals surface area (Å²) in [5.41, 5.74) is -1.80. The monoisotopic (exact) mass is 550 g/mol. The summed E-state index contributed by atoms with van der Waals surface area (Å²) in [4.78, 5) is 49.4. The van der Waals surface area contributed by atoms with Crippen LogP contribution in [0.1, 0.15) is 67.2 Å². The molecule has 3 amide bonds. The predicted molar refractivity (Wildman–Crippen MR) is 140 cm³/mol. The number of nitrogens with one attached hydrogen (secondary N) is 4. The summed E-state index contributed by atoms with van der Waals surface area (Å²) in [6, 6.07) is -1.61. The highest BCUT2D eigenvalue weighted by molar-refractivity contribution is 7.85. The highest BCUT2D eigenvalue weighted by atomic mass is 32.2. The van der Waals surface area contributed by atoms with Crippen molar-refractivity contribution in [1.82, 2.24) is 21.3 Å². The van der Waals surface area contributed by atoms with Crippen molar-refractivity contribution in [3.63, 3.8) is 0 Å². The molecule has 0 radical (unpaired) electrons. The summed E-state index contributed by atoms with van der Waals surface area (Å²) in [6.07, 6.45) is 2.04. The molecule has 0 aromatic heterocycles. The van der Waals surface area contributed by atoms with Crippen LogP contribution >= 0.6 is 0 Å². The van der Waals surface area contributed by atoms with Crippen molar-refractivity contribution >= 4 is 33.6 Å².